The van der Waals surface area contributed by atoms with Crippen LogP contribution in [0.3, 0.4) is 0 Å². The van der Waals surface area contributed by atoms with Gasteiger partial charge in [-0.2, -0.15) is 0 Å². The smallest absolute Gasteiger partial charge is 0.221 e. The van der Waals surface area contributed by atoms with Crippen LogP contribution in [0.15, 0.2) is 24.3 Å². The first-order valence-electron chi connectivity index (χ1n) is 5.37. The van der Waals surface area contributed by atoms with Crippen LogP contribution in [-0.2, 0) is 4.79 Å². The van der Waals surface area contributed by atoms with Crippen LogP contribution < -0.4 is 10.6 Å². The molecule has 0 saturated heterocycles. The monoisotopic (exact) mass is 222 g/mol. The summed E-state index contributed by atoms with van der Waals surface area (Å²) < 4.78 is 0. The molecule has 1 unspecified atom stereocenters. The highest BCUT2D eigenvalue weighted by Gasteiger charge is 1.97. The first-order chi connectivity index (χ1) is 7.58. The summed E-state index contributed by atoms with van der Waals surface area (Å²) in [5.74, 6) is -0.0742. The number of hydrogen-bond donors (Lipinski definition) is 3. The van der Waals surface area contributed by atoms with E-state index in [-0.39, 0.29) is 12.0 Å². The van der Waals surface area contributed by atoms with Gasteiger partial charge in [-0.05, 0) is 37.6 Å². The van der Waals surface area contributed by atoms with Crippen molar-refractivity contribution in [3.63, 3.8) is 0 Å². The first-order valence-corrected chi connectivity index (χ1v) is 5.37. The summed E-state index contributed by atoms with van der Waals surface area (Å²) in [5, 5.41) is 15.0. The lowest BCUT2D eigenvalue weighted by molar-refractivity contribution is -0.114. The minimum absolute atomic E-state index is 0.0742. The van der Waals surface area contributed by atoms with Gasteiger partial charge in [-0.25, -0.2) is 0 Å². The zero-order valence-corrected chi connectivity index (χ0v) is 9.66. The van der Waals surface area contributed by atoms with E-state index >= 15 is 0 Å². The molecular formula is C12H18N2O2. The molecule has 0 bridgehead atoms. The van der Waals surface area contributed by atoms with Crippen molar-refractivity contribution in [1.82, 2.24) is 0 Å². The Morgan fingerprint density at radius 1 is 1.31 bits per heavy atom. The van der Waals surface area contributed by atoms with E-state index in [4.69, 9.17) is 5.11 Å². The Labute approximate surface area is 95.7 Å². The largest absolute Gasteiger partial charge is 0.393 e. The molecule has 0 aliphatic carbocycles. The van der Waals surface area contributed by atoms with E-state index < -0.39 is 0 Å². The summed E-state index contributed by atoms with van der Waals surface area (Å²) in [6.07, 6.45) is 0.430. The summed E-state index contributed by atoms with van der Waals surface area (Å²) in [5.41, 5.74) is 1.77. The molecule has 0 fully saturated rings. The third kappa shape index (κ3) is 4.79. The SMILES string of the molecule is CC(=O)Nc1ccc(NCCC(C)O)cc1. The normalized spacial score (nSPS) is 11.9. The third-order valence-corrected chi connectivity index (χ3v) is 2.10. The molecule has 4 nitrogen and oxygen atoms in total. The Balaban J connectivity index is 2.42. The molecule has 1 atom stereocenters. The molecule has 0 saturated carbocycles. The van der Waals surface area contributed by atoms with E-state index in [2.05, 4.69) is 10.6 Å². The van der Waals surface area contributed by atoms with E-state index in [0.29, 0.717) is 6.42 Å². The van der Waals surface area contributed by atoms with Gasteiger partial charge in [0.05, 0.1) is 6.10 Å². The number of nitrogens with one attached hydrogen (secondary N) is 2. The van der Waals surface area contributed by atoms with Crippen molar-refractivity contribution >= 4 is 17.3 Å². The zero-order valence-electron chi connectivity index (χ0n) is 9.66. The Morgan fingerprint density at radius 3 is 2.38 bits per heavy atom. The number of anilines is 2. The molecule has 1 rings (SSSR count). The fraction of sp³-hybridized carbons (Fsp3) is 0.417. The van der Waals surface area contributed by atoms with Gasteiger partial charge in [0.2, 0.25) is 5.91 Å². The number of amides is 1. The summed E-state index contributed by atoms with van der Waals surface area (Å²) in [7, 11) is 0. The molecule has 0 aliphatic rings. The van der Waals surface area contributed by atoms with Crippen molar-refractivity contribution in [3.8, 4) is 0 Å². The van der Waals surface area contributed by atoms with Gasteiger partial charge in [0.15, 0.2) is 0 Å². The quantitative estimate of drug-likeness (QED) is 0.712. The van der Waals surface area contributed by atoms with Crippen LogP contribution in [0.5, 0.6) is 0 Å². The van der Waals surface area contributed by atoms with Gasteiger partial charge < -0.3 is 15.7 Å². The number of aliphatic hydroxyl groups is 1. The second-order valence-electron chi connectivity index (χ2n) is 3.82. The van der Waals surface area contributed by atoms with Gasteiger partial charge in [0.1, 0.15) is 0 Å². The topological polar surface area (TPSA) is 61.4 Å². The van der Waals surface area contributed by atoms with Crippen LogP contribution in [-0.4, -0.2) is 23.7 Å². The average Bonchev–Trinajstić information content (AvgIpc) is 2.19. The molecule has 1 aromatic rings. The second-order valence-corrected chi connectivity index (χ2v) is 3.82. The van der Waals surface area contributed by atoms with Gasteiger partial charge in [-0.3, -0.25) is 4.79 Å². The Hall–Kier alpha value is -1.55. The molecule has 4 heteroatoms. The predicted octanol–water partition coefficient (Wildman–Crippen LogP) is 1.83. The first kappa shape index (κ1) is 12.5. The molecular weight excluding hydrogens is 204 g/mol. The highest BCUT2D eigenvalue weighted by molar-refractivity contribution is 5.88. The van der Waals surface area contributed by atoms with Crippen molar-refractivity contribution in [2.75, 3.05) is 17.2 Å². The lowest BCUT2D eigenvalue weighted by Gasteiger charge is -2.08. The van der Waals surface area contributed by atoms with E-state index in [1.807, 2.05) is 24.3 Å². The van der Waals surface area contributed by atoms with Gasteiger partial charge >= 0.3 is 0 Å². The van der Waals surface area contributed by atoms with Crippen LogP contribution in [0.1, 0.15) is 20.3 Å². The van der Waals surface area contributed by atoms with Crippen LogP contribution in [0.25, 0.3) is 0 Å². The summed E-state index contributed by atoms with van der Waals surface area (Å²) in [6.45, 7) is 3.98. The van der Waals surface area contributed by atoms with Crippen molar-refractivity contribution in [2.45, 2.75) is 26.4 Å². The molecule has 88 valence electrons. The molecule has 0 aliphatic heterocycles. The fourth-order valence-corrected chi connectivity index (χ4v) is 1.30. The predicted molar refractivity (Wildman–Crippen MR) is 65.5 cm³/mol. The number of aliphatic hydroxyl groups excluding tert-OH is 1. The third-order valence-electron chi connectivity index (χ3n) is 2.10. The minimum Gasteiger partial charge on any atom is -0.393 e. The molecule has 16 heavy (non-hydrogen) atoms. The minimum atomic E-state index is -0.286. The molecule has 1 amide bonds. The summed E-state index contributed by atoms with van der Waals surface area (Å²) in [4.78, 5) is 10.8. The van der Waals surface area contributed by atoms with Crippen LogP contribution in [0, 0.1) is 0 Å². The lowest BCUT2D eigenvalue weighted by Crippen LogP contribution is -2.10. The molecule has 1 aromatic carbocycles. The summed E-state index contributed by atoms with van der Waals surface area (Å²) in [6, 6.07) is 7.47. The van der Waals surface area contributed by atoms with Gasteiger partial charge in [0, 0.05) is 24.8 Å². The van der Waals surface area contributed by atoms with E-state index in [0.717, 1.165) is 17.9 Å². The number of rotatable bonds is 5. The Morgan fingerprint density at radius 2 is 1.88 bits per heavy atom. The molecule has 3 N–H and O–H groups in total. The Kier molecular flexibility index (Phi) is 4.79. The maximum absolute atomic E-state index is 10.8. The van der Waals surface area contributed by atoms with Crippen molar-refractivity contribution in [3.05, 3.63) is 24.3 Å². The number of benzene rings is 1. The van der Waals surface area contributed by atoms with Crippen molar-refractivity contribution in [2.24, 2.45) is 0 Å². The fourth-order valence-electron chi connectivity index (χ4n) is 1.30. The van der Waals surface area contributed by atoms with Gasteiger partial charge in [-0.1, -0.05) is 0 Å². The van der Waals surface area contributed by atoms with Crippen LogP contribution in [0.4, 0.5) is 11.4 Å². The van der Waals surface area contributed by atoms with E-state index in [9.17, 15) is 4.79 Å². The van der Waals surface area contributed by atoms with Gasteiger partial charge in [-0.15, -0.1) is 0 Å². The highest BCUT2D eigenvalue weighted by Crippen LogP contribution is 2.13. The zero-order chi connectivity index (χ0) is 12.0. The average molecular weight is 222 g/mol. The molecule has 0 heterocycles. The lowest BCUT2D eigenvalue weighted by atomic mass is 10.2. The Bertz CT molecular complexity index is 333. The van der Waals surface area contributed by atoms with E-state index in [1.54, 1.807) is 6.92 Å². The van der Waals surface area contributed by atoms with Gasteiger partial charge in [0.25, 0.3) is 0 Å². The maximum Gasteiger partial charge on any atom is 0.221 e. The molecule has 0 radical (unpaired) electrons. The van der Waals surface area contributed by atoms with Crippen molar-refractivity contribution < 1.29 is 9.90 Å². The number of carbonyl (C=O) groups excluding carboxylic acids is 1. The molecule has 0 aromatic heterocycles. The van der Waals surface area contributed by atoms with Crippen LogP contribution in [0.2, 0.25) is 0 Å². The standard InChI is InChI=1S/C12H18N2O2/c1-9(15)7-8-13-11-3-5-12(6-4-11)14-10(2)16/h3-6,9,13,15H,7-8H2,1-2H3,(H,14,16). The maximum atomic E-state index is 10.8. The van der Waals surface area contributed by atoms with Crippen LogP contribution >= 0.6 is 0 Å². The highest BCUT2D eigenvalue weighted by atomic mass is 16.3. The molecule has 0 spiro atoms. The van der Waals surface area contributed by atoms with E-state index in [1.165, 1.54) is 6.92 Å². The number of hydrogen-bond acceptors (Lipinski definition) is 3. The number of carbonyl (C=O) groups is 1. The second kappa shape index (κ2) is 6.12. The summed E-state index contributed by atoms with van der Waals surface area (Å²) >= 11 is 0. The van der Waals surface area contributed by atoms with Crippen molar-refractivity contribution in [1.29, 1.82) is 0 Å².